The summed E-state index contributed by atoms with van der Waals surface area (Å²) in [6.07, 6.45) is 1.09. The Labute approximate surface area is 99.0 Å². The van der Waals surface area contributed by atoms with Crippen LogP contribution in [0.3, 0.4) is 0 Å². The Balaban J connectivity index is 2.30. The van der Waals surface area contributed by atoms with E-state index in [1.807, 2.05) is 0 Å². The molecule has 0 amide bonds. The average Bonchev–Trinajstić information content (AvgIpc) is 2.29. The van der Waals surface area contributed by atoms with E-state index in [0.717, 1.165) is 26.2 Å². The van der Waals surface area contributed by atoms with Crippen LogP contribution in [0.25, 0.3) is 0 Å². The Morgan fingerprint density at radius 1 is 1.25 bits per heavy atom. The molecule has 90 valence electrons. The number of hydrogen-bond acceptors (Lipinski definition) is 2. The molecule has 1 N–H and O–H groups in total. The first-order valence-corrected chi connectivity index (χ1v) is 6.12. The largest absolute Gasteiger partial charge is 0.380 e. The minimum absolute atomic E-state index is 0.395. The second kappa shape index (κ2) is 7.42. The molecule has 2 heteroatoms. The summed E-state index contributed by atoms with van der Waals surface area (Å²) in [6, 6.07) is 8.90. The Hall–Kier alpha value is -0.860. The molecule has 2 nitrogen and oxygen atoms in total. The maximum atomic E-state index is 5.44. The van der Waals surface area contributed by atoms with Crippen molar-refractivity contribution in [2.45, 2.75) is 33.2 Å². The molecule has 0 spiro atoms. The lowest BCUT2D eigenvalue weighted by Crippen LogP contribution is -2.23. The third-order valence-electron chi connectivity index (χ3n) is 2.70. The number of nitrogens with one attached hydrogen (secondary N) is 1. The van der Waals surface area contributed by atoms with Crippen molar-refractivity contribution in [3.63, 3.8) is 0 Å². The second-order valence-electron chi connectivity index (χ2n) is 4.14. The Morgan fingerprint density at radius 3 is 2.69 bits per heavy atom. The van der Waals surface area contributed by atoms with E-state index in [1.54, 1.807) is 0 Å². The highest BCUT2D eigenvalue weighted by atomic mass is 16.5. The van der Waals surface area contributed by atoms with Crippen LogP contribution in [0.15, 0.2) is 24.3 Å². The van der Waals surface area contributed by atoms with Gasteiger partial charge in [0.1, 0.15) is 0 Å². The normalized spacial score (nSPS) is 12.7. The van der Waals surface area contributed by atoms with Gasteiger partial charge in [0.2, 0.25) is 0 Å². The van der Waals surface area contributed by atoms with Gasteiger partial charge in [-0.3, -0.25) is 0 Å². The van der Waals surface area contributed by atoms with E-state index in [-0.39, 0.29) is 0 Å². The molecule has 16 heavy (non-hydrogen) atoms. The lowest BCUT2D eigenvalue weighted by Gasteiger charge is -2.16. The average molecular weight is 221 g/mol. The van der Waals surface area contributed by atoms with Crippen LogP contribution in [0, 0.1) is 6.92 Å². The van der Waals surface area contributed by atoms with Crippen molar-refractivity contribution in [1.29, 1.82) is 0 Å². The molecule has 0 aliphatic heterocycles. The van der Waals surface area contributed by atoms with E-state index < -0.39 is 0 Å². The van der Waals surface area contributed by atoms with E-state index >= 15 is 0 Å². The number of ether oxygens (including phenoxy) is 1. The molecule has 0 bridgehead atoms. The van der Waals surface area contributed by atoms with Gasteiger partial charge in [-0.25, -0.2) is 0 Å². The molecule has 1 aromatic rings. The second-order valence-corrected chi connectivity index (χ2v) is 4.14. The number of hydrogen-bond donors (Lipinski definition) is 1. The van der Waals surface area contributed by atoms with Gasteiger partial charge in [-0.05, 0) is 31.4 Å². The van der Waals surface area contributed by atoms with Crippen LogP contribution in [-0.4, -0.2) is 19.8 Å². The SMILES string of the molecule is CCCOCCNC(C)c1ccccc1C. The van der Waals surface area contributed by atoms with Crippen molar-refractivity contribution in [3.8, 4) is 0 Å². The zero-order chi connectivity index (χ0) is 11.8. The van der Waals surface area contributed by atoms with Crippen molar-refractivity contribution < 1.29 is 4.74 Å². The van der Waals surface area contributed by atoms with Crippen LogP contribution in [-0.2, 0) is 4.74 Å². The summed E-state index contributed by atoms with van der Waals surface area (Å²) >= 11 is 0. The zero-order valence-corrected chi connectivity index (χ0v) is 10.6. The van der Waals surface area contributed by atoms with Crippen molar-refractivity contribution in [1.82, 2.24) is 5.32 Å². The summed E-state index contributed by atoms with van der Waals surface area (Å²) in [5.74, 6) is 0. The summed E-state index contributed by atoms with van der Waals surface area (Å²) in [4.78, 5) is 0. The maximum absolute atomic E-state index is 5.44. The van der Waals surface area contributed by atoms with Gasteiger partial charge >= 0.3 is 0 Å². The third kappa shape index (κ3) is 4.33. The lowest BCUT2D eigenvalue weighted by molar-refractivity contribution is 0.135. The topological polar surface area (TPSA) is 21.3 Å². The predicted octanol–water partition coefficient (Wildman–Crippen LogP) is 3.07. The quantitative estimate of drug-likeness (QED) is 0.714. The van der Waals surface area contributed by atoms with Crippen LogP contribution < -0.4 is 5.32 Å². The molecule has 1 unspecified atom stereocenters. The fourth-order valence-corrected chi connectivity index (χ4v) is 1.78. The van der Waals surface area contributed by atoms with Crippen molar-refractivity contribution in [3.05, 3.63) is 35.4 Å². The van der Waals surface area contributed by atoms with Crippen LogP contribution in [0.2, 0.25) is 0 Å². The predicted molar refractivity (Wildman–Crippen MR) is 68.7 cm³/mol. The van der Waals surface area contributed by atoms with E-state index in [2.05, 4.69) is 50.4 Å². The summed E-state index contributed by atoms with van der Waals surface area (Å²) in [5.41, 5.74) is 2.72. The minimum Gasteiger partial charge on any atom is -0.380 e. The van der Waals surface area contributed by atoms with Gasteiger partial charge in [-0.15, -0.1) is 0 Å². The lowest BCUT2D eigenvalue weighted by atomic mass is 10.0. The van der Waals surface area contributed by atoms with Crippen molar-refractivity contribution >= 4 is 0 Å². The fraction of sp³-hybridized carbons (Fsp3) is 0.571. The van der Waals surface area contributed by atoms with Gasteiger partial charge in [0.05, 0.1) is 6.61 Å². The Bertz CT molecular complexity index is 299. The van der Waals surface area contributed by atoms with Gasteiger partial charge in [0, 0.05) is 19.2 Å². The van der Waals surface area contributed by atoms with Crippen molar-refractivity contribution in [2.24, 2.45) is 0 Å². The smallest absolute Gasteiger partial charge is 0.0591 e. The highest BCUT2D eigenvalue weighted by Crippen LogP contribution is 2.15. The van der Waals surface area contributed by atoms with E-state index in [0.29, 0.717) is 6.04 Å². The number of aryl methyl sites for hydroxylation is 1. The first-order chi connectivity index (χ1) is 7.75. The summed E-state index contributed by atoms with van der Waals surface area (Å²) in [5, 5.41) is 3.47. The molecule has 0 saturated heterocycles. The number of rotatable bonds is 7. The highest BCUT2D eigenvalue weighted by Gasteiger charge is 2.05. The molecule has 1 atom stereocenters. The minimum atomic E-state index is 0.395. The molecular weight excluding hydrogens is 198 g/mol. The first-order valence-electron chi connectivity index (χ1n) is 6.12. The zero-order valence-electron chi connectivity index (χ0n) is 10.6. The summed E-state index contributed by atoms with van der Waals surface area (Å²) < 4.78 is 5.44. The molecular formula is C14H23NO. The first kappa shape index (κ1) is 13.2. The van der Waals surface area contributed by atoms with Gasteiger partial charge in [-0.1, -0.05) is 31.2 Å². The Kier molecular flexibility index (Phi) is 6.12. The fourth-order valence-electron chi connectivity index (χ4n) is 1.78. The van der Waals surface area contributed by atoms with Gasteiger partial charge < -0.3 is 10.1 Å². The van der Waals surface area contributed by atoms with Crippen LogP contribution >= 0.6 is 0 Å². The molecule has 1 aromatic carbocycles. The maximum Gasteiger partial charge on any atom is 0.0591 e. The third-order valence-corrected chi connectivity index (χ3v) is 2.70. The van der Waals surface area contributed by atoms with Crippen molar-refractivity contribution in [2.75, 3.05) is 19.8 Å². The molecule has 0 fully saturated rings. The number of benzene rings is 1. The Morgan fingerprint density at radius 2 is 2.00 bits per heavy atom. The molecule has 0 aromatic heterocycles. The standard InChI is InChI=1S/C14H23NO/c1-4-10-16-11-9-15-13(3)14-8-6-5-7-12(14)2/h5-8,13,15H,4,9-11H2,1-3H3. The van der Waals surface area contributed by atoms with Gasteiger partial charge in [0.25, 0.3) is 0 Å². The van der Waals surface area contributed by atoms with E-state index in [9.17, 15) is 0 Å². The van der Waals surface area contributed by atoms with Gasteiger partial charge in [-0.2, -0.15) is 0 Å². The monoisotopic (exact) mass is 221 g/mol. The van der Waals surface area contributed by atoms with Crippen LogP contribution in [0.1, 0.15) is 37.4 Å². The van der Waals surface area contributed by atoms with Crippen LogP contribution in [0.4, 0.5) is 0 Å². The van der Waals surface area contributed by atoms with E-state index in [4.69, 9.17) is 4.74 Å². The van der Waals surface area contributed by atoms with Gasteiger partial charge in [0.15, 0.2) is 0 Å². The molecule has 0 aliphatic rings. The molecule has 0 aliphatic carbocycles. The molecule has 1 rings (SSSR count). The van der Waals surface area contributed by atoms with E-state index in [1.165, 1.54) is 11.1 Å². The molecule has 0 saturated carbocycles. The van der Waals surface area contributed by atoms with Crippen LogP contribution in [0.5, 0.6) is 0 Å². The highest BCUT2D eigenvalue weighted by molar-refractivity contribution is 5.28. The summed E-state index contributed by atoms with van der Waals surface area (Å²) in [6.45, 7) is 9.05. The summed E-state index contributed by atoms with van der Waals surface area (Å²) in [7, 11) is 0. The molecule has 0 radical (unpaired) electrons. The molecule has 0 heterocycles.